The Labute approximate surface area is 201 Å². The molecule has 1 aliphatic rings. The fourth-order valence-corrected chi connectivity index (χ4v) is 5.16. The largest absolute Gasteiger partial charge is 0.474 e. The molecular formula is C21H27FIN3O5S. The lowest BCUT2D eigenvalue weighted by Gasteiger charge is -2.36. The number of aromatic nitrogens is 2. The van der Waals surface area contributed by atoms with E-state index < -0.39 is 15.7 Å². The SMILES string of the molecule is COCCCN1CCC(Oc2ncnc(Oc3ccc(S(C)(=O)=O)cc3F)c2C)CC1I. The molecule has 1 aromatic heterocycles. The molecule has 0 amide bonds. The Kier molecular flexibility index (Phi) is 8.64. The molecule has 2 atom stereocenters. The fourth-order valence-electron chi connectivity index (χ4n) is 3.40. The number of hydrogen-bond acceptors (Lipinski definition) is 8. The van der Waals surface area contributed by atoms with Crippen LogP contribution >= 0.6 is 22.6 Å². The van der Waals surface area contributed by atoms with Gasteiger partial charge < -0.3 is 14.2 Å². The van der Waals surface area contributed by atoms with Gasteiger partial charge in [-0.2, -0.15) is 0 Å². The van der Waals surface area contributed by atoms with E-state index in [-0.39, 0.29) is 22.6 Å². The second kappa shape index (κ2) is 11.0. The Bertz CT molecular complexity index is 1040. The number of ether oxygens (including phenoxy) is 3. The summed E-state index contributed by atoms with van der Waals surface area (Å²) < 4.78 is 54.8. The van der Waals surface area contributed by atoms with Gasteiger partial charge in [0.25, 0.3) is 0 Å². The quantitative estimate of drug-likeness (QED) is 0.192. The molecule has 0 aliphatic carbocycles. The molecule has 8 nitrogen and oxygen atoms in total. The second-order valence-electron chi connectivity index (χ2n) is 7.66. The number of nitrogens with zero attached hydrogens (tertiary/aromatic N) is 3. The van der Waals surface area contributed by atoms with Crippen LogP contribution in [0, 0.1) is 12.7 Å². The van der Waals surface area contributed by atoms with Gasteiger partial charge in [0.1, 0.15) is 12.4 Å². The van der Waals surface area contributed by atoms with E-state index in [0.29, 0.717) is 15.5 Å². The first-order chi connectivity index (χ1) is 15.2. The summed E-state index contributed by atoms with van der Waals surface area (Å²) in [5, 5.41) is 0. The molecule has 3 rings (SSSR count). The summed E-state index contributed by atoms with van der Waals surface area (Å²) in [7, 11) is -1.80. The summed E-state index contributed by atoms with van der Waals surface area (Å²) in [4.78, 5) is 10.6. The molecule has 0 spiro atoms. The number of sulfone groups is 1. The predicted molar refractivity (Wildman–Crippen MR) is 126 cm³/mol. The van der Waals surface area contributed by atoms with Gasteiger partial charge in [-0.05, 0) is 38.0 Å². The lowest BCUT2D eigenvalue weighted by atomic mass is 10.1. The Morgan fingerprint density at radius 3 is 2.69 bits per heavy atom. The van der Waals surface area contributed by atoms with Crippen LogP contribution in [0.2, 0.25) is 0 Å². The van der Waals surface area contributed by atoms with Crippen LogP contribution in [0.1, 0.15) is 24.8 Å². The van der Waals surface area contributed by atoms with Crippen molar-refractivity contribution in [3.8, 4) is 17.5 Å². The number of halogens is 2. The zero-order valence-corrected chi connectivity index (χ0v) is 21.2. The summed E-state index contributed by atoms with van der Waals surface area (Å²) >= 11 is 2.43. The van der Waals surface area contributed by atoms with E-state index in [2.05, 4.69) is 37.5 Å². The van der Waals surface area contributed by atoms with Crippen molar-refractivity contribution < 1.29 is 27.0 Å². The number of likely N-dealkylation sites (tertiary alicyclic amines) is 1. The van der Waals surface area contributed by atoms with Crippen LogP contribution in [0.3, 0.4) is 0 Å². The molecule has 11 heteroatoms. The number of alkyl halides is 1. The van der Waals surface area contributed by atoms with Crippen molar-refractivity contribution in [2.45, 2.75) is 41.2 Å². The highest BCUT2D eigenvalue weighted by Gasteiger charge is 2.28. The molecular weight excluding hydrogens is 552 g/mol. The van der Waals surface area contributed by atoms with Crippen LogP contribution in [0.25, 0.3) is 0 Å². The minimum absolute atomic E-state index is 0.00260. The van der Waals surface area contributed by atoms with E-state index in [0.717, 1.165) is 51.3 Å². The first-order valence-corrected chi connectivity index (χ1v) is 13.4. The topological polar surface area (TPSA) is 90.8 Å². The zero-order chi connectivity index (χ0) is 23.3. The third kappa shape index (κ3) is 6.49. The number of rotatable bonds is 9. The van der Waals surface area contributed by atoms with Crippen LogP contribution < -0.4 is 9.47 Å². The highest BCUT2D eigenvalue weighted by Crippen LogP contribution is 2.32. The van der Waals surface area contributed by atoms with E-state index in [1.807, 2.05) is 0 Å². The van der Waals surface area contributed by atoms with Crippen molar-refractivity contribution in [2.75, 3.05) is 33.1 Å². The number of piperidine rings is 1. The summed E-state index contributed by atoms with van der Waals surface area (Å²) in [6, 6.07) is 3.50. The van der Waals surface area contributed by atoms with E-state index in [4.69, 9.17) is 14.2 Å². The van der Waals surface area contributed by atoms with Crippen molar-refractivity contribution in [1.82, 2.24) is 14.9 Å². The molecule has 32 heavy (non-hydrogen) atoms. The van der Waals surface area contributed by atoms with Gasteiger partial charge in [-0.3, -0.25) is 4.90 Å². The average Bonchev–Trinajstić information content (AvgIpc) is 2.73. The van der Waals surface area contributed by atoms with Gasteiger partial charge in [-0.15, -0.1) is 0 Å². The lowest BCUT2D eigenvalue weighted by Crippen LogP contribution is -2.43. The molecule has 0 radical (unpaired) electrons. The molecule has 1 aromatic carbocycles. The lowest BCUT2D eigenvalue weighted by molar-refractivity contribution is 0.0827. The Hall–Kier alpha value is -1.57. The maximum absolute atomic E-state index is 14.4. The monoisotopic (exact) mass is 579 g/mol. The van der Waals surface area contributed by atoms with Crippen LogP contribution in [0.5, 0.6) is 17.5 Å². The smallest absolute Gasteiger partial charge is 0.229 e. The normalized spacial score (nSPS) is 19.7. The van der Waals surface area contributed by atoms with Gasteiger partial charge in [0.2, 0.25) is 11.8 Å². The molecule has 0 bridgehead atoms. The third-order valence-corrected chi connectivity index (χ3v) is 7.60. The molecule has 2 unspecified atom stereocenters. The first-order valence-electron chi connectivity index (χ1n) is 10.2. The maximum Gasteiger partial charge on any atom is 0.229 e. The van der Waals surface area contributed by atoms with E-state index in [9.17, 15) is 12.8 Å². The Balaban J connectivity index is 1.66. The van der Waals surface area contributed by atoms with E-state index >= 15 is 0 Å². The van der Waals surface area contributed by atoms with Gasteiger partial charge in [-0.25, -0.2) is 22.8 Å². The fraction of sp³-hybridized carbons (Fsp3) is 0.524. The third-order valence-electron chi connectivity index (χ3n) is 5.19. The number of hydrogen-bond donors (Lipinski definition) is 0. The van der Waals surface area contributed by atoms with Crippen molar-refractivity contribution in [3.63, 3.8) is 0 Å². The second-order valence-corrected chi connectivity index (χ2v) is 11.1. The molecule has 0 N–H and O–H groups in total. The standard InChI is InChI=1S/C21H27FIN3O5S/c1-14-20(30-15-7-9-26(19(23)11-15)8-4-10-29-2)24-13-25-21(14)31-18-6-5-16(12-17(18)22)32(3,27)28/h5-6,12-13,15,19H,4,7-11H2,1-3H3. The van der Waals surface area contributed by atoms with Gasteiger partial charge in [0.15, 0.2) is 21.4 Å². The number of methoxy groups -OCH3 is 1. The summed E-state index contributed by atoms with van der Waals surface area (Å²) in [5.41, 5.74) is 0.548. The molecule has 2 heterocycles. The van der Waals surface area contributed by atoms with Crippen LogP contribution in [-0.4, -0.2) is 66.5 Å². The van der Waals surface area contributed by atoms with Gasteiger partial charge >= 0.3 is 0 Å². The highest BCUT2D eigenvalue weighted by molar-refractivity contribution is 14.1. The van der Waals surface area contributed by atoms with Crippen LogP contribution in [0.4, 0.5) is 4.39 Å². The maximum atomic E-state index is 14.4. The predicted octanol–water partition coefficient (Wildman–Crippen LogP) is 3.76. The molecule has 1 saturated heterocycles. The van der Waals surface area contributed by atoms with E-state index in [1.54, 1.807) is 14.0 Å². The zero-order valence-electron chi connectivity index (χ0n) is 18.3. The van der Waals surface area contributed by atoms with Crippen molar-refractivity contribution >= 4 is 32.4 Å². The molecule has 2 aromatic rings. The Morgan fingerprint density at radius 1 is 1.28 bits per heavy atom. The van der Waals surface area contributed by atoms with Crippen molar-refractivity contribution in [2.24, 2.45) is 0 Å². The Morgan fingerprint density at radius 2 is 2.03 bits per heavy atom. The number of benzene rings is 1. The van der Waals surface area contributed by atoms with Gasteiger partial charge in [-0.1, -0.05) is 22.6 Å². The molecule has 1 fully saturated rings. The molecule has 0 saturated carbocycles. The minimum atomic E-state index is -3.51. The van der Waals surface area contributed by atoms with Gasteiger partial charge in [0.05, 0.1) is 14.5 Å². The van der Waals surface area contributed by atoms with Crippen LogP contribution in [0.15, 0.2) is 29.4 Å². The van der Waals surface area contributed by atoms with Crippen molar-refractivity contribution in [1.29, 1.82) is 0 Å². The first kappa shape index (κ1) is 25.1. The summed E-state index contributed by atoms with van der Waals surface area (Å²) in [6.07, 6.45) is 5.05. The van der Waals surface area contributed by atoms with Gasteiger partial charge in [0, 0.05) is 39.5 Å². The minimum Gasteiger partial charge on any atom is -0.474 e. The van der Waals surface area contributed by atoms with Crippen LogP contribution in [-0.2, 0) is 14.6 Å². The van der Waals surface area contributed by atoms with E-state index in [1.165, 1.54) is 18.5 Å². The molecule has 1 aliphatic heterocycles. The molecule has 176 valence electrons. The summed E-state index contributed by atoms with van der Waals surface area (Å²) in [5.74, 6) is -0.363. The average molecular weight is 579 g/mol. The summed E-state index contributed by atoms with van der Waals surface area (Å²) in [6.45, 7) is 4.41. The highest BCUT2D eigenvalue weighted by atomic mass is 127. The van der Waals surface area contributed by atoms with Crippen molar-refractivity contribution in [3.05, 3.63) is 35.9 Å².